The minimum atomic E-state index is -0.317. The first-order valence-corrected chi connectivity index (χ1v) is 5.79. The molecule has 0 aliphatic heterocycles. The number of rotatable bonds is 5. The SMILES string of the molecule is C=Cc1cc(NC(=C)CC(C)(C)Cl)ccc1O. The number of phenolic OH excluding ortho intramolecular Hbond substituents is 1. The minimum absolute atomic E-state index is 0.217. The molecule has 2 nitrogen and oxygen atoms in total. The molecule has 0 heterocycles. The number of benzene rings is 1. The fourth-order valence-corrected chi connectivity index (χ4v) is 1.71. The molecule has 0 fully saturated rings. The molecule has 0 aromatic heterocycles. The number of alkyl halides is 1. The molecular formula is C14H18ClNO. The Morgan fingerprint density at radius 1 is 1.53 bits per heavy atom. The number of phenols is 1. The molecule has 0 atom stereocenters. The van der Waals surface area contributed by atoms with E-state index in [-0.39, 0.29) is 10.6 Å². The van der Waals surface area contributed by atoms with E-state index in [4.69, 9.17) is 11.6 Å². The first kappa shape index (κ1) is 13.7. The van der Waals surface area contributed by atoms with E-state index >= 15 is 0 Å². The molecule has 3 heteroatoms. The van der Waals surface area contributed by atoms with Crippen LogP contribution >= 0.6 is 11.6 Å². The fourth-order valence-electron chi connectivity index (χ4n) is 1.55. The van der Waals surface area contributed by atoms with Gasteiger partial charge in [-0.05, 0) is 32.0 Å². The molecule has 1 aromatic carbocycles. The van der Waals surface area contributed by atoms with Gasteiger partial charge in [-0.1, -0.05) is 19.2 Å². The van der Waals surface area contributed by atoms with E-state index in [9.17, 15) is 5.11 Å². The maximum atomic E-state index is 9.51. The van der Waals surface area contributed by atoms with Crippen molar-refractivity contribution in [2.24, 2.45) is 0 Å². The summed E-state index contributed by atoms with van der Waals surface area (Å²) in [5.41, 5.74) is 2.39. The van der Waals surface area contributed by atoms with Crippen LogP contribution in [-0.4, -0.2) is 9.98 Å². The Kier molecular flexibility index (Phi) is 4.24. The summed E-state index contributed by atoms with van der Waals surface area (Å²) in [5, 5.41) is 12.7. The van der Waals surface area contributed by atoms with Crippen molar-refractivity contribution >= 4 is 23.4 Å². The highest BCUT2D eigenvalue weighted by atomic mass is 35.5. The molecule has 0 aliphatic carbocycles. The Hall–Kier alpha value is -1.41. The van der Waals surface area contributed by atoms with Gasteiger partial charge in [0.1, 0.15) is 5.75 Å². The molecule has 1 aromatic rings. The lowest BCUT2D eigenvalue weighted by atomic mass is 10.1. The molecule has 17 heavy (non-hydrogen) atoms. The summed E-state index contributed by atoms with van der Waals surface area (Å²) in [6.07, 6.45) is 2.27. The van der Waals surface area contributed by atoms with Crippen molar-refractivity contribution in [3.05, 3.63) is 42.6 Å². The first-order chi connectivity index (χ1) is 7.81. The quantitative estimate of drug-likeness (QED) is 0.602. The van der Waals surface area contributed by atoms with E-state index in [1.165, 1.54) is 0 Å². The number of halogens is 1. The van der Waals surface area contributed by atoms with Crippen LogP contribution in [0.1, 0.15) is 25.8 Å². The fraction of sp³-hybridized carbons (Fsp3) is 0.286. The molecule has 0 saturated carbocycles. The molecule has 0 spiro atoms. The van der Waals surface area contributed by atoms with E-state index in [0.29, 0.717) is 12.0 Å². The van der Waals surface area contributed by atoms with Crippen LogP contribution in [0, 0.1) is 0 Å². The molecular weight excluding hydrogens is 234 g/mol. The van der Waals surface area contributed by atoms with Crippen LogP contribution in [0.4, 0.5) is 5.69 Å². The molecule has 0 amide bonds. The summed E-state index contributed by atoms with van der Waals surface area (Å²) in [7, 11) is 0. The van der Waals surface area contributed by atoms with E-state index in [1.54, 1.807) is 18.2 Å². The highest BCUT2D eigenvalue weighted by Gasteiger charge is 2.14. The second-order valence-electron chi connectivity index (χ2n) is 4.60. The Bertz CT molecular complexity index is 432. The van der Waals surface area contributed by atoms with E-state index in [1.807, 2.05) is 19.9 Å². The molecule has 1 rings (SSSR count). The molecule has 92 valence electrons. The predicted octanol–water partition coefficient (Wildman–Crippen LogP) is 4.37. The van der Waals surface area contributed by atoms with Crippen LogP contribution in [0.3, 0.4) is 0 Å². The van der Waals surface area contributed by atoms with E-state index < -0.39 is 0 Å². The van der Waals surface area contributed by atoms with Crippen LogP contribution in [0.5, 0.6) is 5.75 Å². The number of anilines is 1. The zero-order chi connectivity index (χ0) is 13.1. The summed E-state index contributed by atoms with van der Waals surface area (Å²) in [6.45, 7) is 11.4. The van der Waals surface area contributed by atoms with Gasteiger partial charge < -0.3 is 10.4 Å². The minimum Gasteiger partial charge on any atom is -0.507 e. The van der Waals surface area contributed by atoms with Gasteiger partial charge in [0.25, 0.3) is 0 Å². The average molecular weight is 252 g/mol. The summed E-state index contributed by atoms with van der Waals surface area (Å²) in [6, 6.07) is 5.22. The largest absolute Gasteiger partial charge is 0.507 e. The van der Waals surface area contributed by atoms with Crippen molar-refractivity contribution in [2.45, 2.75) is 25.1 Å². The van der Waals surface area contributed by atoms with Gasteiger partial charge in [-0.3, -0.25) is 0 Å². The van der Waals surface area contributed by atoms with Crippen molar-refractivity contribution in [1.82, 2.24) is 0 Å². The van der Waals surface area contributed by atoms with Gasteiger partial charge in [-0.2, -0.15) is 0 Å². The van der Waals surface area contributed by atoms with Gasteiger partial charge in [0.05, 0.1) is 0 Å². The van der Waals surface area contributed by atoms with Gasteiger partial charge in [-0.15, -0.1) is 11.6 Å². The third kappa shape index (κ3) is 4.53. The highest BCUT2D eigenvalue weighted by molar-refractivity contribution is 6.23. The summed E-state index contributed by atoms with van der Waals surface area (Å²) in [5.74, 6) is 0.217. The van der Waals surface area contributed by atoms with E-state index in [0.717, 1.165) is 11.4 Å². The molecule has 2 N–H and O–H groups in total. The third-order valence-electron chi connectivity index (χ3n) is 2.20. The van der Waals surface area contributed by atoms with Gasteiger partial charge in [0.2, 0.25) is 0 Å². The number of hydrogen-bond donors (Lipinski definition) is 2. The Balaban J connectivity index is 2.75. The smallest absolute Gasteiger partial charge is 0.122 e. The van der Waals surface area contributed by atoms with E-state index in [2.05, 4.69) is 18.5 Å². The second kappa shape index (κ2) is 5.28. The maximum absolute atomic E-state index is 9.51. The molecule has 0 aliphatic rings. The van der Waals surface area contributed by atoms with Gasteiger partial charge in [0.15, 0.2) is 0 Å². The predicted molar refractivity (Wildman–Crippen MR) is 75.5 cm³/mol. The van der Waals surface area contributed by atoms with Gasteiger partial charge >= 0.3 is 0 Å². The van der Waals surface area contributed by atoms with Crippen LogP contribution in [-0.2, 0) is 0 Å². The van der Waals surface area contributed by atoms with Crippen LogP contribution in [0.25, 0.3) is 6.08 Å². The Morgan fingerprint density at radius 2 is 2.18 bits per heavy atom. The highest BCUT2D eigenvalue weighted by Crippen LogP contribution is 2.26. The van der Waals surface area contributed by atoms with Crippen LogP contribution in [0.2, 0.25) is 0 Å². The number of hydrogen-bond acceptors (Lipinski definition) is 2. The number of allylic oxidation sites excluding steroid dienone is 1. The number of nitrogens with one attached hydrogen (secondary N) is 1. The lowest BCUT2D eigenvalue weighted by molar-refractivity contribution is 0.474. The summed E-state index contributed by atoms with van der Waals surface area (Å²) in [4.78, 5) is -0.317. The molecule has 0 unspecified atom stereocenters. The standard InChI is InChI=1S/C14H18ClNO/c1-5-11-8-12(6-7-13(11)17)16-10(2)9-14(3,4)15/h5-8,16-17H,1-2,9H2,3-4H3. The Labute approximate surface area is 108 Å². The van der Waals surface area contributed by atoms with Crippen molar-refractivity contribution in [2.75, 3.05) is 5.32 Å². The molecule has 0 radical (unpaired) electrons. The topological polar surface area (TPSA) is 32.3 Å². The van der Waals surface area contributed by atoms with Gasteiger partial charge in [-0.25, -0.2) is 0 Å². The number of aromatic hydroxyl groups is 1. The van der Waals surface area contributed by atoms with Crippen molar-refractivity contribution in [1.29, 1.82) is 0 Å². The zero-order valence-electron chi connectivity index (χ0n) is 10.3. The first-order valence-electron chi connectivity index (χ1n) is 5.41. The molecule has 0 bridgehead atoms. The van der Waals surface area contributed by atoms with Crippen molar-refractivity contribution in [3.8, 4) is 5.75 Å². The summed E-state index contributed by atoms with van der Waals surface area (Å²) < 4.78 is 0. The van der Waals surface area contributed by atoms with Crippen LogP contribution < -0.4 is 5.32 Å². The Morgan fingerprint density at radius 3 is 2.71 bits per heavy atom. The third-order valence-corrected chi connectivity index (χ3v) is 2.34. The normalized spacial score (nSPS) is 11.0. The zero-order valence-corrected chi connectivity index (χ0v) is 11.0. The summed E-state index contributed by atoms with van der Waals surface area (Å²) >= 11 is 6.12. The van der Waals surface area contributed by atoms with Crippen molar-refractivity contribution < 1.29 is 5.11 Å². The van der Waals surface area contributed by atoms with Crippen LogP contribution in [0.15, 0.2) is 37.1 Å². The second-order valence-corrected chi connectivity index (χ2v) is 5.62. The lowest BCUT2D eigenvalue weighted by Crippen LogP contribution is -2.14. The van der Waals surface area contributed by atoms with Gasteiger partial charge in [0, 0.05) is 28.2 Å². The lowest BCUT2D eigenvalue weighted by Gasteiger charge is -2.18. The monoisotopic (exact) mass is 251 g/mol. The molecule has 0 saturated heterocycles. The average Bonchev–Trinajstić information content (AvgIpc) is 2.18. The van der Waals surface area contributed by atoms with Crippen molar-refractivity contribution in [3.63, 3.8) is 0 Å². The maximum Gasteiger partial charge on any atom is 0.122 e.